The lowest BCUT2D eigenvalue weighted by atomic mass is 10.1. The second-order valence-electron chi connectivity index (χ2n) is 6.43. The standard InChI is InChI=1S/C20H25NO3S/c1-5-16(3)21(14-17-9-7-6-8-10-17)20(22)18-12-11-15(2)19(13-18)25(4,23)24/h6-13,16H,5,14H2,1-4H3/t16-/m0/s1. The molecule has 0 saturated heterocycles. The van der Waals surface area contributed by atoms with Crippen LogP contribution in [0, 0.1) is 6.92 Å². The molecule has 1 atom stereocenters. The number of nitrogens with zero attached hydrogens (tertiary/aromatic N) is 1. The van der Waals surface area contributed by atoms with Crippen molar-refractivity contribution in [1.82, 2.24) is 4.90 Å². The Morgan fingerprint density at radius 3 is 2.32 bits per heavy atom. The molecule has 25 heavy (non-hydrogen) atoms. The van der Waals surface area contributed by atoms with E-state index >= 15 is 0 Å². The topological polar surface area (TPSA) is 54.5 Å². The number of hydrogen-bond donors (Lipinski definition) is 0. The molecule has 0 bridgehead atoms. The van der Waals surface area contributed by atoms with E-state index in [-0.39, 0.29) is 16.8 Å². The van der Waals surface area contributed by atoms with Gasteiger partial charge in [0.25, 0.3) is 5.91 Å². The number of sulfone groups is 1. The van der Waals surface area contributed by atoms with E-state index in [0.717, 1.165) is 12.0 Å². The monoisotopic (exact) mass is 359 g/mol. The van der Waals surface area contributed by atoms with Crippen molar-refractivity contribution in [2.75, 3.05) is 6.26 Å². The molecular weight excluding hydrogens is 334 g/mol. The normalized spacial score (nSPS) is 12.6. The van der Waals surface area contributed by atoms with Gasteiger partial charge in [0.15, 0.2) is 9.84 Å². The fraction of sp³-hybridized carbons (Fsp3) is 0.350. The number of amides is 1. The quantitative estimate of drug-likeness (QED) is 0.787. The smallest absolute Gasteiger partial charge is 0.254 e. The third kappa shape index (κ3) is 4.69. The first-order valence-corrected chi connectivity index (χ1v) is 10.3. The van der Waals surface area contributed by atoms with Crippen LogP contribution in [0.25, 0.3) is 0 Å². The van der Waals surface area contributed by atoms with Crippen molar-refractivity contribution in [3.63, 3.8) is 0 Å². The largest absolute Gasteiger partial charge is 0.332 e. The zero-order valence-corrected chi connectivity index (χ0v) is 16.0. The summed E-state index contributed by atoms with van der Waals surface area (Å²) in [5.74, 6) is -0.150. The molecule has 0 saturated carbocycles. The molecule has 0 aliphatic rings. The third-order valence-electron chi connectivity index (χ3n) is 4.41. The Kier molecular flexibility index (Phi) is 6.01. The van der Waals surface area contributed by atoms with Gasteiger partial charge >= 0.3 is 0 Å². The lowest BCUT2D eigenvalue weighted by molar-refractivity contribution is 0.0671. The van der Waals surface area contributed by atoms with Gasteiger partial charge in [0.1, 0.15) is 0 Å². The lowest BCUT2D eigenvalue weighted by Gasteiger charge is -2.29. The van der Waals surface area contributed by atoms with Crippen LogP contribution in [0.15, 0.2) is 53.4 Å². The number of rotatable bonds is 6. The Balaban J connectivity index is 2.40. The van der Waals surface area contributed by atoms with Crippen LogP contribution in [0.4, 0.5) is 0 Å². The van der Waals surface area contributed by atoms with Crippen molar-refractivity contribution in [1.29, 1.82) is 0 Å². The van der Waals surface area contributed by atoms with Crippen LogP contribution in [-0.2, 0) is 16.4 Å². The van der Waals surface area contributed by atoms with Gasteiger partial charge in [-0.25, -0.2) is 8.42 Å². The highest BCUT2D eigenvalue weighted by Gasteiger charge is 2.22. The molecule has 1 amide bonds. The van der Waals surface area contributed by atoms with Gasteiger partial charge in [0, 0.05) is 24.4 Å². The molecule has 0 aliphatic carbocycles. The van der Waals surface area contributed by atoms with Gasteiger partial charge in [-0.2, -0.15) is 0 Å². The molecule has 134 valence electrons. The summed E-state index contributed by atoms with van der Waals surface area (Å²) in [5, 5.41) is 0. The number of carbonyl (C=O) groups excluding carboxylic acids is 1. The first kappa shape index (κ1) is 19.2. The van der Waals surface area contributed by atoms with E-state index in [1.54, 1.807) is 24.0 Å². The first-order valence-electron chi connectivity index (χ1n) is 8.39. The molecule has 2 rings (SSSR count). The van der Waals surface area contributed by atoms with Crippen LogP contribution >= 0.6 is 0 Å². The van der Waals surface area contributed by atoms with Crippen molar-refractivity contribution in [3.05, 3.63) is 65.2 Å². The highest BCUT2D eigenvalue weighted by atomic mass is 32.2. The van der Waals surface area contributed by atoms with Gasteiger partial charge in [-0.05, 0) is 43.5 Å². The third-order valence-corrected chi connectivity index (χ3v) is 5.65. The fourth-order valence-corrected chi connectivity index (χ4v) is 3.72. The van der Waals surface area contributed by atoms with Crippen LogP contribution in [0.2, 0.25) is 0 Å². The summed E-state index contributed by atoms with van der Waals surface area (Å²) in [5.41, 5.74) is 2.10. The van der Waals surface area contributed by atoms with E-state index in [4.69, 9.17) is 0 Å². The molecule has 5 heteroatoms. The SMILES string of the molecule is CC[C@H](C)N(Cc1ccccc1)C(=O)c1ccc(C)c(S(C)(=O)=O)c1. The Bertz CT molecular complexity index is 844. The van der Waals surface area contributed by atoms with E-state index in [1.807, 2.05) is 44.2 Å². The maximum Gasteiger partial charge on any atom is 0.254 e. The molecular formula is C20H25NO3S. The molecule has 2 aromatic rings. The zero-order valence-electron chi connectivity index (χ0n) is 15.2. The molecule has 0 fully saturated rings. The van der Waals surface area contributed by atoms with Gasteiger partial charge in [0.05, 0.1) is 4.90 Å². The summed E-state index contributed by atoms with van der Waals surface area (Å²) in [6, 6.07) is 14.7. The number of benzene rings is 2. The van der Waals surface area contributed by atoms with Gasteiger partial charge < -0.3 is 4.90 Å². The minimum Gasteiger partial charge on any atom is -0.332 e. The van der Waals surface area contributed by atoms with Crippen LogP contribution < -0.4 is 0 Å². The lowest BCUT2D eigenvalue weighted by Crippen LogP contribution is -2.37. The highest BCUT2D eigenvalue weighted by molar-refractivity contribution is 7.90. The van der Waals surface area contributed by atoms with E-state index < -0.39 is 9.84 Å². The highest BCUT2D eigenvalue weighted by Crippen LogP contribution is 2.20. The Labute approximate surface area is 150 Å². The average molecular weight is 359 g/mol. The second kappa shape index (κ2) is 7.83. The molecule has 0 heterocycles. The minimum absolute atomic E-state index is 0.0516. The van der Waals surface area contributed by atoms with Gasteiger partial charge in [-0.15, -0.1) is 0 Å². The Hall–Kier alpha value is -2.14. The van der Waals surface area contributed by atoms with E-state index in [1.165, 1.54) is 12.3 Å². The fourth-order valence-electron chi connectivity index (χ4n) is 2.73. The van der Waals surface area contributed by atoms with Gasteiger partial charge in [0.2, 0.25) is 0 Å². The van der Waals surface area contributed by atoms with Crippen LogP contribution in [0.5, 0.6) is 0 Å². The Morgan fingerprint density at radius 2 is 1.76 bits per heavy atom. The van der Waals surface area contributed by atoms with Crippen molar-refractivity contribution < 1.29 is 13.2 Å². The Morgan fingerprint density at radius 1 is 1.12 bits per heavy atom. The van der Waals surface area contributed by atoms with E-state index in [9.17, 15) is 13.2 Å². The number of hydrogen-bond acceptors (Lipinski definition) is 3. The van der Waals surface area contributed by atoms with Gasteiger partial charge in [-0.1, -0.05) is 43.3 Å². The number of aryl methyl sites for hydroxylation is 1. The summed E-state index contributed by atoms with van der Waals surface area (Å²) in [6.45, 7) is 6.28. The predicted molar refractivity (Wildman–Crippen MR) is 100 cm³/mol. The molecule has 4 nitrogen and oxygen atoms in total. The maximum absolute atomic E-state index is 13.1. The van der Waals surface area contributed by atoms with Crippen molar-refractivity contribution >= 4 is 15.7 Å². The van der Waals surface area contributed by atoms with Gasteiger partial charge in [-0.3, -0.25) is 4.79 Å². The number of carbonyl (C=O) groups is 1. The van der Waals surface area contributed by atoms with Crippen LogP contribution in [0.3, 0.4) is 0 Å². The first-order chi connectivity index (χ1) is 11.7. The predicted octanol–water partition coefficient (Wildman–Crippen LogP) is 3.84. The van der Waals surface area contributed by atoms with Crippen LogP contribution in [-0.4, -0.2) is 31.5 Å². The molecule has 0 aromatic heterocycles. The van der Waals surface area contributed by atoms with Crippen LogP contribution in [0.1, 0.15) is 41.8 Å². The zero-order chi connectivity index (χ0) is 18.6. The average Bonchev–Trinajstić information content (AvgIpc) is 2.58. The summed E-state index contributed by atoms with van der Waals surface area (Å²) in [4.78, 5) is 15.1. The molecule has 0 radical (unpaired) electrons. The second-order valence-corrected chi connectivity index (χ2v) is 8.41. The van der Waals surface area contributed by atoms with E-state index in [0.29, 0.717) is 17.7 Å². The van der Waals surface area contributed by atoms with Crippen molar-refractivity contribution in [2.24, 2.45) is 0 Å². The molecule has 0 unspecified atom stereocenters. The summed E-state index contributed by atoms with van der Waals surface area (Å²) < 4.78 is 23.9. The summed E-state index contributed by atoms with van der Waals surface area (Å²) in [7, 11) is -3.37. The minimum atomic E-state index is -3.37. The summed E-state index contributed by atoms with van der Waals surface area (Å²) in [6.07, 6.45) is 1.99. The maximum atomic E-state index is 13.1. The van der Waals surface area contributed by atoms with E-state index in [2.05, 4.69) is 0 Å². The van der Waals surface area contributed by atoms with Crippen molar-refractivity contribution in [3.8, 4) is 0 Å². The van der Waals surface area contributed by atoms with Crippen molar-refractivity contribution in [2.45, 2.75) is 44.7 Å². The molecule has 2 aromatic carbocycles. The summed E-state index contributed by atoms with van der Waals surface area (Å²) >= 11 is 0. The molecule has 0 spiro atoms. The molecule has 0 N–H and O–H groups in total. The molecule has 0 aliphatic heterocycles.